The van der Waals surface area contributed by atoms with Crippen LogP contribution in [0.3, 0.4) is 0 Å². The predicted molar refractivity (Wildman–Crippen MR) is 69.3 cm³/mol. The standard InChI is InChI=1S/C11H16BrN3O2/c1-2-4-15-11(16)10(12)9(6-13-15)14-8-3-5-17-7-8/h6,8,14H,2-5,7H2,1H3. The number of halogens is 1. The lowest BCUT2D eigenvalue weighted by Crippen LogP contribution is -2.27. The van der Waals surface area contributed by atoms with Crippen LogP contribution in [-0.4, -0.2) is 29.0 Å². The molecule has 6 heteroatoms. The summed E-state index contributed by atoms with van der Waals surface area (Å²) >= 11 is 3.33. The summed E-state index contributed by atoms with van der Waals surface area (Å²) in [6, 6.07) is 0.273. The second-order valence-electron chi connectivity index (χ2n) is 4.11. The Morgan fingerprint density at radius 2 is 2.53 bits per heavy atom. The third-order valence-electron chi connectivity index (χ3n) is 2.71. The van der Waals surface area contributed by atoms with Crippen LogP contribution in [0, 0.1) is 0 Å². The number of nitrogens with one attached hydrogen (secondary N) is 1. The molecule has 1 atom stereocenters. The van der Waals surface area contributed by atoms with Crippen molar-refractivity contribution < 1.29 is 4.74 Å². The van der Waals surface area contributed by atoms with E-state index in [9.17, 15) is 4.79 Å². The zero-order valence-electron chi connectivity index (χ0n) is 9.78. The van der Waals surface area contributed by atoms with Crippen molar-refractivity contribution in [3.05, 3.63) is 21.0 Å². The molecule has 0 aliphatic carbocycles. The zero-order chi connectivity index (χ0) is 12.3. The second-order valence-corrected chi connectivity index (χ2v) is 4.90. The first-order chi connectivity index (χ1) is 8.22. The van der Waals surface area contributed by atoms with Gasteiger partial charge in [-0.15, -0.1) is 0 Å². The molecule has 1 aliphatic heterocycles. The first-order valence-corrected chi connectivity index (χ1v) is 6.61. The van der Waals surface area contributed by atoms with Gasteiger partial charge in [0.15, 0.2) is 0 Å². The smallest absolute Gasteiger partial charge is 0.283 e. The summed E-state index contributed by atoms with van der Waals surface area (Å²) in [5.74, 6) is 0. The molecule has 94 valence electrons. The van der Waals surface area contributed by atoms with E-state index in [1.54, 1.807) is 6.20 Å². The van der Waals surface area contributed by atoms with E-state index in [0.29, 0.717) is 17.6 Å². The van der Waals surface area contributed by atoms with Crippen LogP contribution in [0.25, 0.3) is 0 Å². The number of ether oxygens (including phenoxy) is 1. The van der Waals surface area contributed by atoms with E-state index in [0.717, 1.165) is 25.1 Å². The highest BCUT2D eigenvalue weighted by Crippen LogP contribution is 2.19. The number of hydrogen-bond donors (Lipinski definition) is 1. The van der Waals surface area contributed by atoms with Gasteiger partial charge in [0.05, 0.1) is 24.5 Å². The molecule has 17 heavy (non-hydrogen) atoms. The van der Waals surface area contributed by atoms with E-state index in [4.69, 9.17) is 4.74 Å². The number of anilines is 1. The molecular formula is C11H16BrN3O2. The van der Waals surface area contributed by atoms with Crippen molar-refractivity contribution in [1.29, 1.82) is 0 Å². The van der Waals surface area contributed by atoms with Crippen molar-refractivity contribution in [2.24, 2.45) is 0 Å². The molecule has 1 unspecified atom stereocenters. The highest BCUT2D eigenvalue weighted by Gasteiger charge is 2.17. The molecule has 0 radical (unpaired) electrons. The Bertz CT molecular complexity index is 441. The fourth-order valence-electron chi connectivity index (χ4n) is 1.81. The fraction of sp³-hybridized carbons (Fsp3) is 0.636. The largest absolute Gasteiger partial charge is 0.379 e. The summed E-state index contributed by atoms with van der Waals surface area (Å²) < 4.78 is 7.30. The summed E-state index contributed by atoms with van der Waals surface area (Å²) in [7, 11) is 0. The molecule has 1 saturated heterocycles. The van der Waals surface area contributed by atoms with E-state index < -0.39 is 0 Å². The minimum atomic E-state index is -0.0873. The average molecular weight is 302 g/mol. The first kappa shape index (κ1) is 12.6. The summed E-state index contributed by atoms with van der Waals surface area (Å²) in [6.07, 6.45) is 3.55. The Labute approximate surface area is 108 Å². The van der Waals surface area contributed by atoms with Gasteiger partial charge >= 0.3 is 0 Å². The van der Waals surface area contributed by atoms with E-state index in [1.165, 1.54) is 4.68 Å². The maximum absolute atomic E-state index is 11.9. The molecule has 1 aromatic heterocycles. The third-order valence-corrected chi connectivity index (χ3v) is 3.48. The van der Waals surface area contributed by atoms with Crippen molar-refractivity contribution in [3.8, 4) is 0 Å². The van der Waals surface area contributed by atoms with Crippen LogP contribution in [0.5, 0.6) is 0 Å². The summed E-state index contributed by atoms with van der Waals surface area (Å²) in [5.41, 5.74) is 0.661. The van der Waals surface area contributed by atoms with Gasteiger partial charge in [-0.3, -0.25) is 4.79 Å². The predicted octanol–water partition coefficient (Wildman–Crippen LogP) is 1.62. The van der Waals surface area contributed by atoms with Gasteiger partial charge in [-0.1, -0.05) is 6.92 Å². The molecule has 5 nitrogen and oxygen atoms in total. The van der Waals surface area contributed by atoms with E-state index in [1.807, 2.05) is 6.92 Å². The molecule has 1 aromatic rings. The van der Waals surface area contributed by atoms with Gasteiger partial charge in [0.2, 0.25) is 0 Å². The van der Waals surface area contributed by atoms with Gasteiger partial charge in [-0.2, -0.15) is 5.10 Å². The maximum atomic E-state index is 11.9. The lowest BCUT2D eigenvalue weighted by molar-refractivity contribution is 0.195. The van der Waals surface area contributed by atoms with Crippen LogP contribution in [0.2, 0.25) is 0 Å². The molecule has 0 bridgehead atoms. The van der Waals surface area contributed by atoms with Crippen LogP contribution in [0.15, 0.2) is 15.5 Å². The van der Waals surface area contributed by atoms with Crippen molar-refractivity contribution in [3.63, 3.8) is 0 Å². The molecule has 1 N–H and O–H groups in total. The number of nitrogens with zero attached hydrogens (tertiary/aromatic N) is 2. The van der Waals surface area contributed by atoms with Gasteiger partial charge in [0.1, 0.15) is 4.47 Å². The van der Waals surface area contributed by atoms with Crippen LogP contribution in [0.1, 0.15) is 19.8 Å². The van der Waals surface area contributed by atoms with Gasteiger partial charge in [-0.05, 0) is 28.8 Å². The van der Waals surface area contributed by atoms with Crippen molar-refractivity contribution in [2.75, 3.05) is 18.5 Å². The van der Waals surface area contributed by atoms with E-state index in [2.05, 4.69) is 26.3 Å². The van der Waals surface area contributed by atoms with Gasteiger partial charge in [-0.25, -0.2) is 4.68 Å². The lowest BCUT2D eigenvalue weighted by Gasteiger charge is -2.14. The molecule has 2 heterocycles. The quantitative estimate of drug-likeness (QED) is 0.918. The molecule has 0 spiro atoms. The summed E-state index contributed by atoms with van der Waals surface area (Å²) in [5, 5.41) is 7.41. The third kappa shape index (κ3) is 2.87. The van der Waals surface area contributed by atoms with Gasteiger partial charge < -0.3 is 10.1 Å². The van der Waals surface area contributed by atoms with Crippen molar-refractivity contribution in [2.45, 2.75) is 32.4 Å². The number of rotatable bonds is 4. The lowest BCUT2D eigenvalue weighted by atomic mass is 10.2. The minimum absolute atomic E-state index is 0.0873. The minimum Gasteiger partial charge on any atom is -0.379 e. The summed E-state index contributed by atoms with van der Waals surface area (Å²) in [4.78, 5) is 11.9. The monoisotopic (exact) mass is 301 g/mol. The number of hydrogen-bond acceptors (Lipinski definition) is 4. The van der Waals surface area contributed by atoms with E-state index in [-0.39, 0.29) is 11.6 Å². The van der Waals surface area contributed by atoms with Crippen LogP contribution >= 0.6 is 15.9 Å². The normalized spacial score (nSPS) is 19.5. The van der Waals surface area contributed by atoms with Gasteiger partial charge in [0.25, 0.3) is 5.56 Å². The van der Waals surface area contributed by atoms with Crippen molar-refractivity contribution in [1.82, 2.24) is 9.78 Å². The number of aryl methyl sites for hydroxylation is 1. The summed E-state index contributed by atoms with van der Waals surface area (Å²) in [6.45, 7) is 4.12. The van der Waals surface area contributed by atoms with Crippen LogP contribution in [0.4, 0.5) is 5.69 Å². The topological polar surface area (TPSA) is 56.1 Å². The SMILES string of the molecule is CCCn1ncc(NC2CCOC2)c(Br)c1=O. The second kappa shape index (κ2) is 5.64. The molecule has 0 amide bonds. The molecular weight excluding hydrogens is 286 g/mol. The van der Waals surface area contributed by atoms with E-state index >= 15 is 0 Å². The van der Waals surface area contributed by atoms with Crippen LogP contribution < -0.4 is 10.9 Å². The highest BCUT2D eigenvalue weighted by molar-refractivity contribution is 9.10. The Morgan fingerprint density at radius 3 is 3.18 bits per heavy atom. The Kier molecular flexibility index (Phi) is 4.17. The van der Waals surface area contributed by atoms with Gasteiger partial charge in [0, 0.05) is 13.2 Å². The average Bonchev–Trinajstić information content (AvgIpc) is 2.82. The van der Waals surface area contributed by atoms with Crippen molar-refractivity contribution >= 4 is 21.6 Å². The number of aromatic nitrogens is 2. The molecule has 1 fully saturated rings. The molecule has 1 aliphatic rings. The fourth-order valence-corrected chi connectivity index (χ4v) is 2.23. The zero-order valence-corrected chi connectivity index (χ0v) is 11.4. The van der Waals surface area contributed by atoms with Crippen LogP contribution in [-0.2, 0) is 11.3 Å². The molecule has 0 aromatic carbocycles. The maximum Gasteiger partial charge on any atom is 0.283 e. The first-order valence-electron chi connectivity index (χ1n) is 5.82. The molecule has 0 saturated carbocycles. The Morgan fingerprint density at radius 1 is 1.71 bits per heavy atom. The molecule has 2 rings (SSSR count). The Balaban J connectivity index is 2.18. The highest BCUT2D eigenvalue weighted by atomic mass is 79.9. The Hall–Kier alpha value is -0.880.